The fraction of sp³-hybridized carbons (Fsp3) is 0.273. The average molecular weight is 426 g/mol. The molecule has 9 heteroatoms. The van der Waals surface area contributed by atoms with Crippen molar-refractivity contribution in [1.82, 2.24) is 10.6 Å². The van der Waals surface area contributed by atoms with Crippen molar-refractivity contribution in [3.05, 3.63) is 48.5 Å². The lowest BCUT2D eigenvalue weighted by Gasteiger charge is -2.13. The minimum Gasteiger partial charge on any atom is -0.457 e. The number of nitrogens with zero attached hydrogens (tertiary/aromatic N) is 1. The number of aliphatic imine (C=N–C) groups is 1. The minimum absolute atomic E-state index is 0.124. The van der Waals surface area contributed by atoms with Crippen molar-refractivity contribution in [3.63, 3.8) is 0 Å². The largest absolute Gasteiger partial charge is 0.457 e. The van der Waals surface area contributed by atoms with E-state index < -0.39 is 6.09 Å². The second-order valence-corrected chi connectivity index (χ2v) is 6.37. The summed E-state index contributed by atoms with van der Waals surface area (Å²) in [6.07, 6.45) is 0.390. The minimum atomic E-state index is -0.796. The van der Waals surface area contributed by atoms with Crippen LogP contribution in [0.5, 0.6) is 11.5 Å². The highest BCUT2D eigenvalue weighted by Crippen LogP contribution is 2.32. The van der Waals surface area contributed by atoms with E-state index in [2.05, 4.69) is 25.7 Å². The van der Waals surface area contributed by atoms with Crippen LogP contribution in [-0.4, -0.2) is 31.0 Å². The van der Waals surface area contributed by atoms with Crippen LogP contribution in [0, 0.1) is 0 Å². The van der Waals surface area contributed by atoms with Gasteiger partial charge < -0.3 is 14.8 Å². The van der Waals surface area contributed by atoms with Crippen LogP contribution in [-0.2, 0) is 14.3 Å². The number of carbonyl (C=O) groups is 3. The molecular weight excluding hydrogens is 400 g/mol. The zero-order valence-electron chi connectivity index (χ0n) is 17.7. The van der Waals surface area contributed by atoms with Crippen LogP contribution in [0.4, 0.5) is 16.2 Å². The van der Waals surface area contributed by atoms with Gasteiger partial charge in [0, 0.05) is 18.9 Å². The Hall–Kier alpha value is -3.88. The molecule has 0 aliphatic carbocycles. The summed E-state index contributed by atoms with van der Waals surface area (Å²) < 4.78 is 10.4. The first kappa shape index (κ1) is 23.4. The third-order valence-corrected chi connectivity index (χ3v) is 3.92. The van der Waals surface area contributed by atoms with Gasteiger partial charge in [-0.3, -0.25) is 20.2 Å². The molecule has 0 saturated carbocycles. The monoisotopic (exact) mass is 426 g/mol. The number of ether oxygens (including phenoxy) is 2. The molecule has 0 fully saturated rings. The average Bonchev–Trinajstić information content (AvgIpc) is 2.76. The Morgan fingerprint density at radius 3 is 2.32 bits per heavy atom. The van der Waals surface area contributed by atoms with Gasteiger partial charge in [-0.15, -0.1) is 0 Å². The summed E-state index contributed by atoms with van der Waals surface area (Å²) >= 11 is 0. The number of alkyl carbamates (subject to hydrolysis) is 1. The van der Waals surface area contributed by atoms with Gasteiger partial charge in [0.25, 0.3) is 0 Å². The number of hydrogen-bond acceptors (Lipinski definition) is 6. The zero-order chi connectivity index (χ0) is 22.6. The van der Waals surface area contributed by atoms with Crippen molar-refractivity contribution < 1.29 is 23.9 Å². The van der Waals surface area contributed by atoms with E-state index in [1.165, 1.54) is 7.11 Å². The Labute approximate surface area is 180 Å². The number of methoxy groups -OCH3 is 1. The van der Waals surface area contributed by atoms with Gasteiger partial charge >= 0.3 is 6.09 Å². The van der Waals surface area contributed by atoms with Gasteiger partial charge in [0.15, 0.2) is 0 Å². The third kappa shape index (κ3) is 7.81. The molecule has 2 aromatic carbocycles. The summed E-state index contributed by atoms with van der Waals surface area (Å²) in [6, 6.07) is 14.1. The quantitative estimate of drug-likeness (QED) is 0.455. The summed E-state index contributed by atoms with van der Waals surface area (Å²) in [5.41, 5.74) is 0.675. The first-order chi connectivity index (χ1) is 14.9. The molecule has 3 amide bonds. The smallest absolute Gasteiger partial charge is 0.413 e. The van der Waals surface area contributed by atoms with Crippen molar-refractivity contribution in [2.24, 2.45) is 4.99 Å². The highest BCUT2D eigenvalue weighted by Gasteiger charge is 2.13. The number of carbonyl (C=O) groups excluding carboxylic acids is 3. The maximum atomic E-state index is 12.2. The number of hydrogen-bond donors (Lipinski definition) is 3. The molecule has 0 saturated heterocycles. The number of amides is 3. The highest BCUT2D eigenvalue weighted by atomic mass is 16.5. The van der Waals surface area contributed by atoms with Crippen molar-refractivity contribution in [2.45, 2.75) is 33.1 Å². The molecule has 2 rings (SSSR count). The Bertz CT molecular complexity index is 924. The Kier molecular flexibility index (Phi) is 9.03. The lowest BCUT2D eigenvalue weighted by Crippen LogP contribution is -2.43. The number of benzene rings is 2. The second-order valence-electron chi connectivity index (χ2n) is 6.37. The van der Waals surface area contributed by atoms with E-state index in [-0.39, 0.29) is 24.2 Å². The fourth-order valence-electron chi connectivity index (χ4n) is 2.42. The second kappa shape index (κ2) is 12.0. The van der Waals surface area contributed by atoms with Gasteiger partial charge in [-0.05, 0) is 30.7 Å². The number of guanidine groups is 1. The van der Waals surface area contributed by atoms with Gasteiger partial charge in [-0.2, -0.15) is 0 Å². The van der Waals surface area contributed by atoms with Gasteiger partial charge in [0.05, 0.1) is 18.5 Å². The Morgan fingerprint density at radius 2 is 1.68 bits per heavy atom. The molecule has 2 aromatic rings. The molecular formula is C22H26N4O5. The molecule has 0 bridgehead atoms. The number of para-hydroxylation sites is 1. The van der Waals surface area contributed by atoms with Crippen LogP contribution in [0.15, 0.2) is 53.5 Å². The molecule has 3 N–H and O–H groups in total. The van der Waals surface area contributed by atoms with Crippen LogP contribution >= 0.6 is 0 Å². The lowest BCUT2D eigenvalue weighted by molar-refractivity contribution is -0.119. The molecule has 0 aliphatic heterocycles. The van der Waals surface area contributed by atoms with Gasteiger partial charge in [0.2, 0.25) is 17.8 Å². The van der Waals surface area contributed by atoms with Gasteiger partial charge in [0.1, 0.15) is 11.5 Å². The van der Waals surface area contributed by atoms with E-state index in [9.17, 15) is 14.4 Å². The first-order valence-electron chi connectivity index (χ1n) is 9.85. The van der Waals surface area contributed by atoms with Gasteiger partial charge in [-0.1, -0.05) is 32.0 Å². The van der Waals surface area contributed by atoms with E-state index in [4.69, 9.17) is 4.74 Å². The standard InChI is InChI=1S/C22H26N4O5/c1-4-9-20(28)23-18-14-16(31-15-10-7-6-8-11-15)12-13-17(18)24-21(25-19(27)5-2)26-22(29)30-3/h6-8,10-14H,4-5,9H2,1-3H3,(H,23,28)(H2,24,25,26,27,29). The molecule has 164 valence electrons. The summed E-state index contributed by atoms with van der Waals surface area (Å²) in [4.78, 5) is 40.0. The highest BCUT2D eigenvalue weighted by molar-refractivity contribution is 6.05. The van der Waals surface area contributed by atoms with E-state index in [1.54, 1.807) is 37.3 Å². The Balaban J connectivity index is 2.41. The predicted molar refractivity (Wildman–Crippen MR) is 118 cm³/mol. The van der Waals surface area contributed by atoms with Crippen molar-refractivity contribution in [1.29, 1.82) is 0 Å². The molecule has 0 heterocycles. The van der Waals surface area contributed by atoms with E-state index in [0.717, 1.165) is 0 Å². The summed E-state index contributed by atoms with van der Waals surface area (Å²) in [7, 11) is 1.20. The normalized spacial score (nSPS) is 10.7. The summed E-state index contributed by atoms with van der Waals surface area (Å²) in [5, 5.41) is 7.64. The fourth-order valence-corrected chi connectivity index (χ4v) is 2.42. The van der Waals surface area contributed by atoms with Crippen LogP contribution in [0.25, 0.3) is 0 Å². The molecule has 9 nitrogen and oxygen atoms in total. The SMILES string of the molecule is CCCC(=O)Nc1cc(Oc2ccccc2)ccc1N=C(NC(=O)CC)NC(=O)OC. The molecule has 0 spiro atoms. The molecule has 0 aliphatic rings. The molecule has 0 unspecified atom stereocenters. The first-order valence-corrected chi connectivity index (χ1v) is 9.85. The molecule has 0 atom stereocenters. The van der Waals surface area contributed by atoms with Crippen molar-refractivity contribution >= 4 is 35.2 Å². The molecule has 0 aromatic heterocycles. The van der Waals surface area contributed by atoms with Gasteiger partial charge in [-0.25, -0.2) is 9.79 Å². The van der Waals surface area contributed by atoms with Crippen LogP contribution in [0.3, 0.4) is 0 Å². The van der Waals surface area contributed by atoms with Crippen LogP contribution in [0.1, 0.15) is 33.1 Å². The predicted octanol–water partition coefficient (Wildman–Crippen LogP) is 4.09. The lowest BCUT2D eigenvalue weighted by atomic mass is 10.2. The van der Waals surface area contributed by atoms with Crippen LogP contribution < -0.4 is 20.7 Å². The maximum absolute atomic E-state index is 12.2. The van der Waals surface area contributed by atoms with Crippen molar-refractivity contribution in [3.8, 4) is 11.5 Å². The molecule has 0 radical (unpaired) electrons. The molecule has 31 heavy (non-hydrogen) atoms. The number of anilines is 1. The van der Waals surface area contributed by atoms with Crippen LogP contribution in [0.2, 0.25) is 0 Å². The summed E-state index contributed by atoms with van der Waals surface area (Å²) in [5.74, 6) is 0.443. The number of rotatable bonds is 7. The van der Waals surface area contributed by atoms with E-state index in [0.29, 0.717) is 35.7 Å². The van der Waals surface area contributed by atoms with E-state index >= 15 is 0 Å². The topological polar surface area (TPSA) is 118 Å². The van der Waals surface area contributed by atoms with E-state index in [1.807, 2.05) is 25.1 Å². The number of nitrogens with one attached hydrogen (secondary N) is 3. The Morgan fingerprint density at radius 1 is 0.935 bits per heavy atom. The summed E-state index contributed by atoms with van der Waals surface area (Å²) in [6.45, 7) is 3.56. The third-order valence-electron chi connectivity index (χ3n) is 3.92. The zero-order valence-corrected chi connectivity index (χ0v) is 17.7. The maximum Gasteiger partial charge on any atom is 0.413 e. The van der Waals surface area contributed by atoms with Crippen molar-refractivity contribution in [2.75, 3.05) is 12.4 Å².